The molecule has 3 aromatic rings. The average Bonchev–Trinajstić information content (AvgIpc) is 3.28. The normalized spacial score (nSPS) is 14.0. The Kier molecular flexibility index (Phi) is 3.67. The van der Waals surface area contributed by atoms with Crippen molar-refractivity contribution in [3.05, 3.63) is 23.7 Å². The fourth-order valence-electron chi connectivity index (χ4n) is 2.92. The molecule has 1 aliphatic rings. The molecule has 8 heteroatoms. The van der Waals surface area contributed by atoms with E-state index in [1.54, 1.807) is 12.3 Å². The van der Waals surface area contributed by atoms with Crippen LogP contribution in [0.2, 0.25) is 0 Å². The molecule has 4 rings (SSSR count). The van der Waals surface area contributed by atoms with Crippen molar-refractivity contribution in [2.75, 3.05) is 7.11 Å². The quantitative estimate of drug-likeness (QED) is 0.671. The van der Waals surface area contributed by atoms with Crippen molar-refractivity contribution in [3.63, 3.8) is 0 Å². The molecular formula is C17H18N4O4. The second-order valence-corrected chi connectivity index (χ2v) is 6.05. The van der Waals surface area contributed by atoms with Gasteiger partial charge >= 0.3 is 6.16 Å². The van der Waals surface area contributed by atoms with Gasteiger partial charge in [-0.05, 0) is 26.7 Å². The van der Waals surface area contributed by atoms with Gasteiger partial charge in [-0.25, -0.2) is 9.78 Å². The Balaban J connectivity index is 1.90. The highest BCUT2D eigenvalue weighted by atomic mass is 16.7. The highest BCUT2D eigenvalue weighted by Crippen LogP contribution is 2.43. The Morgan fingerprint density at radius 1 is 1.44 bits per heavy atom. The van der Waals surface area contributed by atoms with Crippen molar-refractivity contribution in [2.45, 2.75) is 39.2 Å². The minimum absolute atomic E-state index is 0.346. The summed E-state index contributed by atoms with van der Waals surface area (Å²) in [5.41, 5.74) is 3.52. The van der Waals surface area contributed by atoms with E-state index >= 15 is 0 Å². The van der Waals surface area contributed by atoms with E-state index in [1.807, 2.05) is 18.5 Å². The van der Waals surface area contributed by atoms with Gasteiger partial charge in [0.15, 0.2) is 5.75 Å². The van der Waals surface area contributed by atoms with E-state index in [4.69, 9.17) is 9.26 Å². The molecule has 3 aromatic heterocycles. The lowest BCUT2D eigenvalue weighted by Gasteiger charge is -2.07. The molecule has 0 spiro atoms. The van der Waals surface area contributed by atoms with Crippen LogP contribution in [-0.2, 0) is 11.3 Å². The van der Waals surface area contributed by atoms with E-state index < -0.39 is 6.16 Å². The number of carbonyl (C=O) groups excluding carboxylic acids is 1. The van der Waals surface area contributed by atoms with Gasteiger partial charge in [-0.1, -0.05) is 5.16 Å². The molecule has 0 amide bonds. The molecule has 25 heavy (non-hydrogen) atoms. The lowest BCUT2D eigenvalue weighted by atomic mass is 10.1. The number of pyridine rings is 1. The van der Waals surface area contributed by atoms with Crippen LogP contribution in [0.3, 0.4) is 0 Å². The highest BCUT2D eigenvalue weighted by molar-refractivity contribution is 5.96. The molecule has 0 atom stereocenters. The summed E-state index contributed by atoms with van der Waals surface area (Å²) >= 11 is 0. The lowest BCUT2D eigenvalue weighted by molar-refractivity contribution is 0.122. The van der Waals surface area contributed by atoms with Gasteiger partial charge in [0.2, 0.25) is 0 Å². The molecule has 130 valence electrons. The third-order valence-electron chi connectivity index (χ3n) is 4.44. The van der Waals surface area contributed by atoms with Crippen molar-refractivity contribution >= 4 is 17.3 Å². The van der Waals surface area contributed by atoms with Gasteiger partial charge in [0.1, 0.15) is 11.1 Å². The summed E-state index contributed by atoms with van der Waals surface area (Å²) in [6.07, 6.45) is 3.08. The van der Waals surface area contributed by atoms with Crippen LogP contribution in [0.1, 0.15) is 37.1 Å². The number of hydrogen-bond acceptors (Lipinski definition) is 7. The third kappa shape index (κ3) is 2.63. The number of rotatable bonds is 4. The minimum Gasteiger partial charge on any atom is -0.437 e. The molecule has 1 fully saturated rings. The van der Waals surface area contributed by atoms with Crippen molar-refractivity contribution < 1.29 is 18.8 Å². The molecular weight excluding hydrogens is 324 g/mol. The first-order valence-electron chi connectivity index (χ1n) is 8.21. The SMILES string of the molecule is CCn1ncc(-c2noc3nc(C4CC4)cc(OC(=O)OC)c23)c1C. The summed E-state index contributed by atoms with van der Waals surface area (Å²) < 4.78 is 17.3. The number of nitrogens with zero attached hydrogens (tertiary/aromatic N) is 4. The molecule has 0 bridgehead atoms. The topological polar surface area (TPSA) is 92.3 Å². The van der Waals surface area contributed by atoms with E-state index in [1.165, 1.54) is 7.11 Å². The maximum Gasteiger partial charge on any atom is 0.513 e. The summed E-state index contributed by atoms with van der Waals surface area (Å²) in [6.45, 7) is 4.72. The second kappa shape index (κ2) is 5.87. The molecule has 0 aromatic carbocycles. The molecule has 0 saturated heterocycles. The van der Waals surface area contributed by atoms with Crippen LogP contribution in [0, 0.1) is 6.92 Å². The zero-order valence-electron chi connectivity index (χ0n) is 14.3. The van der Waals surface area contributed by atoms with Crippen LogP contribution in [0.15, 0.2) is 16.8 Å². The number of aromatic nitrogens is 4. The fraction of sp³-hybridized carbons (Fsp3) is 0.412. The van der Waals surface area contributed by atoms with Crippen molar-refractivity contribution in [1.82, 2.24) is 19.9 Å². The maximum absolute atomic E-state index is 11.7. The molecule has 0 aliphatic heterocycles. The molecule has 8 nitrogen and oxygen atoms in total. The summed E-state index contributed by atoms with van der Waals surface area (Å²) in [7, 11) is 1.27. The Morgan fingerprint density at radius 2 is 2.24 bits per heavy atom. The average molecular weight is 342 g/mol. The van der Waals surface area contributed by atoms with Crippen LogP contribution in [0.25, 0.3) is 22.4 Å². The van der Waals surface area contributed by atoms with Crippen molar-refractivity contribution in [3.8, 4) is 17.0 Å². The highest BCUT2D eigenvalue weighted by Gasteiger charge is 2.29. The number of methoxy groups -OCH3 is 1. The van der Waals surface area contributed by atoms with Crippen LogP contribution < -0.4 is 4.74 Å². The summed E-state index contributed by atoms with van der Waals surface area (Å²) in [4.78, 5) is 16.2. The summed E-state index contributed by atoms with van der Waals surface area (Å²) in [5, 5.41) is 9.06. The number of carbonyl (C=O) groups is 1. The predicted molar refractivity (Wildman–Crippen MR) is 88.4 cm³/mol. The van der Waals surface area contributed by atoms with E-state index in [-0.39, 0.29) is 0 Å². The van der Waals surface area contributed by atoms with E-state index in [2.05, 4.69) is 20.0 Å². The number of fused-ring (bicyclic) bond motifs is 1. The Morgan fingerprint density at radius 3 is 2.88 bits per heavy atom. The largest absolute Gasteiger partial charge is 0.513 e. The van der Waals surface area contributed by atoms with Crippen molar-refractivity contribution in [2.24, 2.45) is 0 Å². The monoisotopic (exact) mass is 342 g/mol. The Labute approximate surface area is 143 Å². The van der Waals surface area contributed by atoms with Gasteiger partial charge in [0, 0.05) is 29.8 Å². The lowest BCUT2D eigenvalue weighted by Crippen LogP contribution is -2.08. The molecule has 1 aliphatic carbocycles. The number of hydrogen-bond donors (Lipinski definition) is 0. The standard InChI is InChI=1S/C17H18N4O4/c1-4-21-9(2)11(8-18-21)15-14-13(24-17(22)23-3)7-12(10-5-6-10)19-16(14)25-20-15/h7-8,10H,4-6H2,1-3H3. The molecule has 3 heterocycles. The summed E-state index contributed by atoms with van der Waals surface area (Å²) in [5.74, 6) is 0.723. The molecule has 0 unspecified atom stereocenters. The molecule has 1 saturated carbocycles. The van der Waals surface area contributed by atoms with Crippen LogP contribution >= 0.6 is 0 Å². The van der Waals surface area contributed by atoms with Crippen LogP contribution in [-0.4, -0.2) is 33.2 Å². The molecule has 0 N–H and O–H groups in total. The second-order valence-electron chi connectivity index (χ2n) is 6.05. The first-order chi connectivity index (χ1) is 12.1. The fourth-order valence-corrected chi connectivity index (χ4v) is 2.92. The van der Waals surface area contributed by atoms with Gasteiger partial charge in [-0.2, -0.15) is 5.10 Å². The summed E-state index contributed by atoms with van der Waals surface area (Å²) in [6, 6.07) is 1.77. The predicted octanol–water partition coefficient (Wildman–Crippen LogP) is 3.44. The van der Waals surface area contributed by atoms with E-state index in [0.29, 0.717) is 28.5 Å². The smallest absolute Gasteiger partial charge is 0.437 e. The van der Waals surface area contributed by atoms with E-state index in [9.17, 15) is 4.79 Å². The van der Waals surface area contributed by atoms with Gasteiger partial charge in [-0.15, -0.1) is 0 Å². The Hall–Kier alpha value is -2.90. The van der Waals surface area contributed by atoms with Crippen molar-refractivity contribution in [1.29, 1.82) is 0 Å². The van der Waals surface area contributed by atoms with Gasteiger partial charge < -0.3 is 14.0 Å². The molecule has 0 radical (unpaired) electrons. The minimum atomic E-state index is -0.789. The van der Waals surface area contributed by atoms with Gasteiger partial charge in [0.05, 0.1) is 19.0 Å². The first kappa shape index (κ1) is 15.6. The number of ether oxygens (including phenoxy) is 2. The van der Waals surface area contributed by atoms with Crippen LogP contribution in [0.4, 0.5) is 4.79 Å². The zero-order chi connectivity index (χ0) is 17.6. The number of aryl methyl sites for hydroxylation is 1. The van der Waals surface area contributed by atoms with Gasteiger partial charge in [-0.3, -0.25) is 4.68 Å². The van der Waals surface area contributed by atoms with E-state index in [0.717, 1.165) is 36.3 Å². The zero-order valence-corrected chi connectivity index (χ0v) is 14.3. The van der Waals surface area contributed by atoms with Crippen LogP contribution in [0.5, 0.6) is 5.75 Å². The Bertz CT molecular complexity index is 955. The maximum atomic E-state index is 11.7. The first-order valence-corrected chi connectivity index (χ1v) is 8.21. The third-order valence-corrected chi connectivity index (χ3v) is 4.44. The van der Waals surface area contributed by atoms with Gasteiger partial charge in [0.25, 0.3) is 5.71 Å².